The smallest absolute Gasteiger partial charge is 0.270 e. The van der Waals surface area contributed by atoms with Gasteiger partial charge in [-0.3, -0.25) is 4.79 Å². The lowest BCUT2D eigenvalue weighted by atomic mass is 10.2. The van der Waals surface area contributed by atoms with Crippen LogP contribution >= 0.6 is 0 Å². The minimum absolute atomic E-state index is 0.0691. The fraction of sp³-hybridized carbons (Fsp3) is 0.467. The molecule has 0 unspecified atom stereocenters. The maximum Gasteiger partial charge on any atom is 0.270 e. The van der Waals surface area contributed by atoms with Crippen LogP contribution in [0.5, 0.6) is 0 Å². The minimum atomic E-state index is -0.0691. The van der Waals surface area contributed by atoms with Crippen molar-refractivity contribution in [3.05, 3.63) is 35.0 Å². The maximum atomic E-state index is 12.6. The summed E-state index contributed by atoms with van der Waals surface area (Å²) >= 11 is 0. The Hall–Kier alpha value is -2.24. The van der Waals surface area contributed by atoms with Gasteiger partial charge in [-0.15, -0.1) is 0 Å². The number of anilines is 1. The molecule has 2 N–H and O–H groups in total. The third-order valence-corrected chi connectivity index (χ3v) is 3.57. The zero-order valence-corrected chi connectivity index (χ0v) is 13.2. The van der Waals surface area contributed by atoms with Crippen molar-refractivity contribution < 1.29 is 9.32 Å². The fourth-order valence-corrected chi connectivity index (χ4v) is 2.33. The van der Waals surface area contributed by atoms with Crippen LogP contribution in [0.4, 0.5) is 5.69 Å². The number of amides is 1. The molecule has 2 aromatic rings. The Labute approximate surface area is 124 Å². The molecule has 6 nitrogen and oxygen atoms in total. The Kier molecular flexibility index (Phi) is 4.06. The first-order valence-electron chi connectivity index (χ1n) is 6.95. The summed E-state index contributed by atoms with van der Waals surface area (Å²) in [7, 11) is 1.77. The molecule has 2 rings (SSSR count). The molecule has 0 saturated carbocycles. The summed E-state index contributed by atoms with van der Waals surface area (Å²) in [5.41, 5.74) is 8.77. The molecule has 0 aliphatic rings. The standard InChI is InChI=1S/C15H22N4O2/c1-9(2)19-7-12(16)6-14(19)15(20)18(5)8-13-10(3)17-21-11(13)4/h6-7,9H,8,16H2,1-5H3. The van der Waals surface area contributed by atoms with Crippen LogP contribution in [-0.4, -0.2) is 27.6 Å². The highest BCUT2D eigenvalue weighted by molar-refractivity contribution is 5.93. The van der Waals surface area contributed by atoms with Gasteiger partial charge < -0.3 is 19.7 Å². The second-order valence-corrected chi connectivity index (χ2v) is 5.62. The summed E-state index contributed by atoms with van der Waals surface area (Å²) in [4.78, 5) is 14.3. The summed E-state index contributed by atoms with van der Waals surface area (Å²) in [5.74, 6) is 0.673. The minimum Gasteiger partial charge on any atom is -0.397 e. The number of nitrogens with zero attached hydrogens (tertiary/aromatic N) is 3. The summed E-state index contributed by atoms with van der Waals surface area (Å²) in [5, 5.41) is 3.91. The predicted molar refractivity (Wildman–Crippen MR) is 81.0 cm³/mol. The van der Waals surface area contributed by atoms with E-state index in [1.807, 2.05) is 32.3 Å². The van der Waals surface area contributed by atoms with Crippen LogP contribution < -0.4 is 5.73 Å². The molecular weight excluding hydrogens is 268 g/mol. The number of aryl methyl sites for hydroxylation is 2. The van der Waals surface area contributed by atoms with E-state index in [-0.39, 0.29) is 11.9 Å². The van der Waals surface area contributed by atoms with Gasteiger partial charge in [0.05, 0.1) is 17.9 Å². The quantitative estimate of drug-likeness (QED) is 0.938. The van der Waals surface area contributed by atoms with Gasteiger partial charge in [-0.25, -0.2) is 0 Å². The van der Waals surface area contributed by atoms with Gasteiger partial charge >= 0.3 is 0 Å². The topological polar surface area (TPSA) is 77.3 Å². The highest BCUT2D eigenvalue weighted by Crippen LogP contribution is 2.20. The third-order valence-electron chi connectivity index (χ3n) is 3.57. The fourth-order valence-electron chi connectivity index (χ4n) is 2.33. The van der Waals surface area contributed by atoms with E-state index in [0.717, 1.165) is 17.0 Å². The molecular formula is C15H22N4O2. The van der Waals surface area contributed by atoms with Gasteiger partial charge in [-0.1, -0.05) is 5.16 Å². The lowest BCUT2D eigenvalue weighted by molar-refractivity contribution is 0.0772. The summed E-state index contributed by atoms with van der Waals surface area (Å²) in [6.45, 7) is 8.22. The molecule has 0 saturated heterocycles. The molecule has 0 aliphatic carbocycles. The van der Waals surface area contributed by atoms with Crippen LogP contribution in [0.25, 0.3) is 0 Å². The summed E-state index contributed by atoms with van der Waals surface area (Å²) in [6, 6.07) is 1.89. The van der Waals surface area contributed by atoms with Crippen LogP contribution in [0, 0.1) is 13.8 Å². The largest absolute Gasteiger partial charge is 0.397 e. The number of carbonyl (C=O) groups is 1. The predicted octanol–water partition coefficient (Wildman–Crippen LogP) is 2.53. The van der Waals surface area contributed by atoms with Crippen molar-refractivity contribution in [2.75, 3.05) is 12.8 Å². The molecule has 6 heteroatoms. The van der Waals surface area contributed by atoms with Gasteiger partial charge in [0.15, 0.2) is 0 Å². The van der Waals surface area contributed by atoms with Gasteiger partial charge in [0.2, 0.25) is 0 Å². The Morgan fingerprint density at radius 2 is 2.14 bits per heavy atom. The van der Waals surface area contributed by atoms with Crippen LogP contribution in [-0.2, 0) is 6.54 Å². The van der Waals surface area contributed by atoms with Crippen LogP contribution in [0.2, 0.25) is 0 Å². The van der Waals surface area contributed by atoms with E-state index in [0.29, 0.717) is 17.9 Å². The molecule has 21 heavy (non-hydrogen) atoms. The lowest BCUT2D eigenvalue weighted by Gasteiger charge is -2.19. The first-order valence-corrected chi connectivity index (χ1v) is 6.95. The highest BCUT2D eigenvalue weighted by Gasteiger charge is 2.21. The highest BCUT2D eigenvalue weighted by atomic mass is 16.5. The molecule has 0 fully saturated rings. The van der Waals surface area contributed by atoms with Crippen LogP contribution in [0.1, 0.15) is 47.4 Å². The molecule has 0 spiro atoms. The Balaban J connectivity index is 2.24. The van der Waals surface area contributed by atoms with Crippen molar-refractivity contribution in [2.24, 2.45) is 0 Å². The van der Waals surface area contributed by atoms with E-state index in [1.54, 1.807) is 24.2 Å². The maximum absolute atomic E-state index is 12.6. The van der Waals surface area contributed by atoms with Crippen LogP contribution in [0.3, 0.4) is 0 Å². The average Bonchev–Trinajstić information content (AvgIpc) is 2.95. The first kappa shape index (κ1) is 15.2. The summed E-state index contributed by atoms with van der Waals surface area (Å²) in [6.07, 6.45) is 1.79. The number of nitrogen functional groups attached to an aromatic ring is 1. The normalized spacial score (nSPS) is 11.1. The second kappa shape index (κ2) is 5.63. The van der Waals surface area contributed by atoms with Crippen molar-refractivity contribution in [1.82, 2.24) is 14.6 Å². The molecule has 0 aromatic carbocycles. The third kappa shape index (κ3) is 2.94. The molecule has 114 valence electrons. The molecule has 0 bridgehead atoms. The van der Waals surface area contributed by atoms with E-state index < -0.39 is 0 Å². The van der Waals surface area contributed by atoms with E-state index in [1.165, 1.54) is 0 Å². The van der Waals surface area contributed by atoms with Gasteiger partial charge in [0.25, 0.3) is 5.91 Å². The molecule has 0 radical (unpaired) electrons. The molecule has 2 aromatic heterocycles. The number of carbonyl (C=O) groups excluding carboxylic acids is 1. The van der Waals surface area contributed by atoms with E-state index >= 15 is 0 Å². The number of hydrogen-bond acceptors (Lipinski definition) is 4. The van der Waals surface area contributed by atoms with E-state index in [9.17, 15) is 4.79 Å². The zero-order valence-electron chi connectivity index (χ0n) is 13.2. The number of nitrogens with two attached hydrogens (primary N) is 1. The van der Waals surface area contributed by atoms with Gasteiger partial charge in [-0.05, 0) is 33.8 Å². The molecule has 0 aliphatic heterocycles. The van der Waals surface area contributed by atoms with Gasteiger partial charge in [0, 0.05) is 24.8 Å². The average molecular weight is 290 g/mol. The Bertz CT molecular complexity index is 635. The van der Waals surface area contributed by atoms with E-state index in [2.05, 4.69) is 5.16 Å². The molecule has 0 atom stereocenters. The summed E-state index contributed by atoms with van der Waals surface area (Å²) < 4.78 is 7.02. The molecule has 2 heterocycles. The van der Waals surface area contributed by atoms with Gasteiger partial charge in [-0.2, -0.15) is 0 Å². The first-order chi connectivity index (χ1) is 9.81. The Morgan fingerprint density at radius 1 is 1.48 bits per heavy atom. The number of rotatable bonds is 4. The Morgan fingerprint density at radius 3 is 2.67 bits per heavy atom. The molecule has 1 amide bonds. The number of aromatic nitrogens is 2. The van der Waals surface area contributed by atoms with Crippen molar-refractivity contribution in [2.45, 2.75) is 40.3 Å². The second-order valence-electron chi connectivity index (χ2n) is 5.62. The van der Waals surface area contributed by atoms with Gasteiger partial charge in [0.1, 0.15) is 11.5 Å². The lowest BCUT2D eigenvalue weighted by Crippen LogP contribution is -2.29. The van der Waals surface area contributed by atoms with Crippen molar-refractivity contribution in [3.8, 4) is 0 Å². The van der Waals surface area contributed by atoms with Crippen molar-refractivity contribution in [1.29, 1.82) is 0 Å². The van der Waals surface area contributed by atoms with Crippen LogP contribution in [0.15, 0.2) is 16.8 Å². The monoisotopic (exact) mass is 290 g/mol. The number of hydrogen-bond donors (Lipinski definition) is 1. The zero-order chi connectivity index (χ0) is 15.7. The van der Waals surface area contributed by atoms with Crippen molar-refractivity contribution >= 4 is 11.6 Å². The SMILES string of the molecule is Cc1noc(C)c1CN(C)C(=O)c1cc(N)cn1C(C)C. The van der Waals surface area contributed by atoms with E-state index in [4.69, 9.17) is 10.3 Å². The van der Waals surface area contributed by atoms with Crippen molar-refractivity contribution in [3.63, 3.8) is 0 Å².